The highest BCUT2D eigenvalue weighted by Gasteiger charge is 2.18. The van der Waals surface area contributed by atoms with Gasteiger partial charge >= 0.3 is 5.97 Å². The van der Waals surface area contributed by atoms with Crippen LogP contribution < -0.4 is 16.3 Å². The minimum absolute atomic E-state index is 0.148. The highest BCUT2D eigenvalue weighted by molar-refractivity contribution is 6.57. The van der Waals surface area contributed by atoms with Crippen LogP contribution in [0.3, 0.4) is 0 Å². The summed E-state index contributed by atoms with van der Waals surface area (Å²) in [6, 6.07) is 11.8. The zero-order valence-electron chi connectivity index (χ0n) is 15.2. The van der Waals surface area contributed by atoms with E-state index in [1.807, 2.05) is 12.1 Å². The predicted octanol–water partition coefficient (Wildman–Crippen LogP) is 1.27. The number of aromatic hydroxyl groups is 1. The molecule has 0 aliphatic heterocycles. The number of benzene rings is 2. The van der Waals surface area contributed by atoms with Crippen molar-refractivity contribution in [2.75, 3.05) is 13.1 Å². The SMILES string of the molecule is CB(Cc1cccc(C(=O)O)c1O)NC(=O)c1ccc(CNCCN)cc1. The molecular weight excluding hydrogens is 345 g/mol. The van der Waals surface area contributed by atoms with Gasteiger partial charge in [0.05, 0.1) is 0 Å². The van der Waals surface area contributed by atoms with Crippen molar-refractivity contribution in [3.63, 3.8) is 0 Å². The lowest BCUT2D eigenvalue weighted by molar-refractivity contribution is 0.0693. The van der Waals surface area contributed by atoms with E-state index >= 15 is 0 Å². The Balaban J connectivity index is 1.95. The number of hydrogen-bond acceptors (Lipinski definition) is 5. The molecule has 0 saturated heterocycles. The fourth-order valence-electron chi connectivity index (χ4n) is 2.73. The van der Waals surface area contributed by atoms with E-state index in [1.165, 1.54) is 6.07 Å². The van der Waals surface area contributed by atoms with Crippen molar-refractivity contribution < 1.29 is 19.8 Å². The Morgan fingerprint density at radius 3 is 2.48 bits per heavy atom. The average molecular weight is 369 g/mol. The summed E-state index contributed by atoms with van der Waals surface area (Å²) >= 11 is 0. The fourth-order valence-corrected chi connectivity index (χ4v) is 2.73. The largest absolute Gasteiger partial charge is 0.507 e. The molecule has 8 heteroatoms. The van der Waals surface area contributed by atoms with Gasteiger partial charge in [-0.1, -0.05) is 31.1 Å². The quantitative estimate of drug-likeness (QED) is 0.335. The molecule has 1 amide bonds. The van der Waals surface area contributed by atoms with Crippen molar-refractivity contribution >= 4 is 18.7 Å². The monoisotopic (exact) mass is 369 g/mol. The maximum atomic E-state index is 12.4. The number of carboxylic acids is 1. The minimum Gasteiger partial charge on any atom is -0.507 e. The lowest BCUT2D eigenvalue weighted by atomic mass is 9.59. The molecule has 2 aromatic carbocycles. The Hall–Kier alpha value is -2.84. The second-order valence-corrected chi connectivity index (χ2v) is 6.36. The van der Waals surface area contributed by atoms with Crippen molar-refractivity contribution in [1.82, 2.24) is 10.5 Å². The van der Waals surface area contributed by atoms with Crippen LogP contribution in [0.5, 0.6) is 5.75 Å². The van der Waals surface area contributed by atoms with Crippen LogP contribution in [0, 0.1) is 0 Å². The van der Waals surface area contributed by atoms with Crippen LogP contribution in [0.2, 0.25) is 6.82 Å². The Labute approximate surface area is 158 Å². The van der Waals surface area contributed by atoms with Gasteiger partial charge in [0.2, 0.25) is 5.91 Å². The third kappa shape index (κ3) is 5.84. The van der Waals surface area contributed by atoms with Gasteiger partial charge in [-0.25, -0.2) is 4.79 Å². The van der Waals surface area contributed by atoms with Crippen LogP contribution in [0.15, 0.2) is 42.5 Å². The molecule has 2 aromatic rings. The Morgan fingerprint density at radius 2 is 1.85 bits per heavy atom. The van der Waals surface area contributed by atoms with E-state index in [0.29, 0.717) is 30.5 Å². The van der Waals surface area contributed by atoms with Crippen molar-refractivity contribution in [2.24, 2.45) is 5.73 Å². The second-order valence-electron chi connectivity index (χ2n) is 6.36. The number of nitrogens with one attached hydrogen (secondary N) is 2. The topological polar surface area (TPSA) is 125 Å². The van der Waals surface area contributed by atoms with Crippen LogP contribution in [0.4, 0.5) is 0 Å². The zero-order valence-corrected chi connectivity index (χ0v) is 15.2. The third-order valence-electron chi connectivity index (χ3n) is 4.12. The second kappa shape index (κ2) is 9.75. The van der Waals surface area contributed by atoms with E-state index in [4.69, 9.17) is 10.8 Å². The molecule has 0 fully saturated rings. The molecule has 0 radical (unpaired) electrons. The molecule has 0 saturated carbocycles. The molecule has 0 aliphatic rings. The number of carbonyl (C=O) groups is 2. The van der Waals surface area contributed by atoms with Gasteiger partial charge in [-0.05, 0) is 35.6 Å². The summed E-state index contributed by atoms with van der Waals surface area (Å²) in [6.45, 7) is 3.52. The van der Waals surface area contributed by atoms with Crippen molar-refractivity contribution in [3.8, 4) is 5.75 Å². The summed E-state index contributed by atoms with van der Waals surface area (Å²) in [6.07, 6.45) is 0.319. The lowest BCUT2D eigenvalue weighted by Crippen LogP contribution is -2.38. The smallest absolute Gasteiger partial charge is 0.339 e. The minimum atomic E-state index is -1.19. The van der Waals surface area contributed by atoms with Crippen LogP contribution in [0.25, 0.3) is 0 Å². The third-order valence-corrected chi connectivity index (χ3v) is 4.12. The standard InChI is InChI=1S/C19H24BN3O4/c1-20(11-15-3-2-4-16(17(15)24)19(26)27)23-18(25)14-7-5-13(6-8-14)12-22-10-9-21/h2-8,22,24H,9-12,21H2,1H3,(H,23,25)(H,26,27). The number of para-hydroxylation sites is 1. The number of nitrogens with two attached hydrogens (primary N) is 1. The van der Waals surface area contributed by atoms with Gasteiger partial charge in [0.25, 0.3) is 6.85 Å². The summed E-state index contributed by atoms with van der Waals surface area (Å²) in [4.78, 5) is 23.5. The van der Waals surface area contributed by atoms with Gasteiger partial charge in [-0.2, -0.15) is 0 Å². The molecule has 0 spiro atoms. The van der Waals surface area contributed by atoms with Gasteiger partial charge in [0.15, 0.2) is 0 Å². The zero-order chi connectivity index (χ0) is 19.8. The molecule has 0 aliphatic carbocycles. The van der Waals surface area contributed by atoms with E-state index in [9.17, 15) is 14.7 Å². The average Bonchev–Trinajstić information content (AvgIpc) is 2.64. The van der Waals surface area contributed by atoms with Gasteiger partial charge in [0.1, 0.15) is 11.3 Å². The van der Waals surface area contributed by atoms with Crippen molar-refractivity contribution in [1.29, 1.82) is 0 Å². The van der Waals surface area contributed by atoms with Crippen LogP contribution >= 0.6 is 0 Å². The van der Waals surface area contributed by atoms with Crippen molar-refractivity contribution in [3.05, 3.63) is 64.7 Å². The number of amides is 1. The van der Waals surface area contributed by atoms with Crippen LogP contribution in [0.1, 0.15) is 31.8 Å². The van der Waals surface area contributed by atoms with Gasteiger partial charge in [-0.15, -0.1) is 0 Å². The summed E-state index contributed by atoms with van der Waals surface area (Å²) in [5.74, 6) is -1.68. The maximum Gasteiger partial charge on any atom is 0.339 e. The number of hydrogen-bond donors (Lipinski definition) is 5. The number of aromatic carboxylic acids is 1. The number of phenols is 1. The summed E-state index contributed by atoms with van der Waals surface area (Å²) in [7, 11) is 0. The van der Waals surface area contributed by atoms with Crippen LogP contribution in [-0.2, 0) is 12.9 Å². The Kier molecular flexibility index (Phi) is 7.39. The first-order valence-corrected chi connectivity index (χ1v) is 8.77. The molecule has 0 aromatic heterocycles. The molecule has 0 unspecified atom stereocenters. The number of carboxylic acid groups (broad SMARTS) is 1. The first-order valence-electron chi connectivity index (χ1n) is 8.77. The van der Waals surface area contributed by atoms with E-state index in [-0.39, 0.29) is 24.1 Å². The van der Waals surface area contributed by atoms with Crippen LogP contribution in [-0.4, -0.2) is 42.0 Å². The number of rotatable bonds is 9. The van der Waals surface area contributed by atoms with E-state index in [2.05, 4.69) is 10.5 Å². The Bertz CT molecular complexity index is 796. The molecular formula is C19H24BN3O4. The molecule has 0 atom stereocenters. The van der Waals surface area contributed by atoms with E-state index in [0.717, 1.165) is 12.1 Å². The maximum absolute atomic E-state index is 12.4. The highest BCUT2D eigenvalue weighted by Crippen LogP contribution is 2.23. The summed E-state index contributed by atoms with van der Waals surface area (Å²) in [5.41, 5.74) is 7.35. The summed E-state index contributed by atoms with van der Waals surface area (Å²) in [5, 5.41) is 25.2. The highest BCUT2D eigenvalue weighted by atomic mass is 16.4. The molecule has 27 heavy (non-hydrogen) atoms. The first-order chi connectivity index (χ1) is 12.9. The normalized spacial score (nSPS) is 10.4. The van der Waals surface area contributed by atoms with Gasteiger partial charge < -0.3 is 26.5 Å². The molecule has 7 nitrogen and oxygen atoms in total. The Morgan fingerprint density at radius 1 is 1.15 bits per heavy atom. The number of carbonyl (C=O) groups excluding carboxylic acids is 1. The predicted molar refractivity (Wildman–Crippen MR) is 105 cm³/mol. The van der Waals surface area contributed by atoms with Gasteiger partial charge in [-0.3, -0.25) is 4.79 Å². The van der Waals surface area contributed by atoms with E-state index in [1.54, 1.807) is 31.1 Å². The molecule has 2 rings (SSSR count). The molecule has 0 heterocycles. The molecule has 6 N–H and O–H groups in total. The fraction of sp³-hybridized carbons (Fsp3) is 0.263. The lowest BCUT2D eigenvalue weighted by Gasteiger charge is -2.13. The molecule has 0 bridgehead atoms. The molecule has 142 valence electrons. The van der Waals surface area contributed by atoms with Crippen molar-refractivity contribution in [2.45, 2.75) is 19.7 Å². The van der Waals surface area contributed by atoms with E-state index < -0.39 is 5.97 Å². The summed E-state index contributed by atoms with van der Waals surface area (Å²) < 4.78 is 0. The van der Waals surface area contributed by atoms with Gasteiger partial charge in [0, 0.05) is 25.2 Å². The first kappa shape index (κ1) is 20.5.